The molecule has 0 heterocycles. The van der Waals surface area contributed by atoms with Crippen molar-refractivity contribution in [3.8, 4) is 0 Å². The molecule has 0 saturated carbocycles. The molecule has 0 spiro atoms. The van der Waals surface area contributed by atoms with Gasteiger partial charge in [-0.05, 0) is 28.1 Å². The maximum atomic E-state index is 13.4. The number of nitrogens with zero attached hydrogens (tertiary/aromatic N) is 3. The van der Waals surface area contributed by atoms with E-state index in [1.54, 1.807) is 18.2 Å². The first-order valence-corrected chi connectivity index (χ1v) is 7.35. The second-order valence-corrected chi connectivity index (χ2v) is 5.74. The summed E-state index contributed by atoms with van der Waals surface area (Å²) < 4.78 is 40.7. The van der Waals surface area contributed by atoms with Crippen molar-refractivity contribution in [1.82, 2.24) is 0 Å². The van der Waals surface area contributed by atoms with Crippen LogP contribution in [-0.2, 0) is 6.18 Å². The highest BCUT2D eigenvalue weighted by molar-refractivity contribution is 9.10. The van der Waals surface area contributed by atoms with E-state index in [1.165, 1.54) is 13.1 Å². The lowest BCUT2D eigenvalue weighted by Gasteiger charge is -2.24. The smallest absolute Gasteiger partial charge is 0.338 e. The van der Waals surface area contributed by atoms with Crippen molar-refractivity contribution in [2.24, 2.45) is 0 Å². The largest absolute Gasteiger partial charge is 0.418 e. The van der Waals surface area contributed by atoms with Crippen LogP contribution in [0.4, 0.5) is 35.9 Å². The molecule has 25 heavy (non-hydrogen) atoms. The summed E-state index contributed by atoms with van der Waals surface area (Å²) in [4.78, 5) is 20.9. The molecule has 0 aromatic heterocycles. The fourth-order valence-corrected chi connectivity index (χ4v) is 2.81. The van der Waals surface area contributed by atoms with E-state index < -0.39 is 38.6 Å². The number of rotatable bonds is 4. The Morgan fingerprint density at radius 1 is 1.08 bits per heavy atom. The number of non-ortho nitro benzene ring substituents is 1. The summed E-state index contributed by atoms with van der Waals surface area (Å²) in [6, 6.07) is 6.97. The summed E-state index contributed by atoms with van der Waals surface area (Å²) >= 11 is 3.17. The van der Waals surface area contributed by atoms with E-state index in [2.05, 4.69) is 15.9 Å². The average Bonchev–Trinajstić information content (AvgIpc) is 2.52. The van der Waals surface area contributed by atoms with Gasteiger partial charge < -0.3 is 4.90 Å². The minimum atomic E-state index is -5.03. The van der Waals surface area contributed by atoms with Gasteiger partial charge >= 0.3 is 6.18 Å². The number of nitro benzene ring substituents is 2. The highest BCUT2D eigenvalue weighted by atomic mass is 79.9. The number of hydrogen-bond donors (Lipinski definition) is 0. The van der Waals surface area contributed by atoms with E-state index in [9.17, 15) is 33.4 Å². The Hall–Kier alpha value is -2.69. The summed E-state index contributed by atoms with van der Waals surface area (Å²) in [5, 5.41) is 22.1. The van der Waals surface area contributed by atoms with Crippen molar-refractivity contribution in [3.63, 3.8) is 0 Å². The van der Waals surface area contributed by atoms with Crippen LogP contribution in [0.1, 0.15) is 5.56 Å². The Morgan fingerprint density at radius 2 is 1.68 bits per heavy atom. The van der Waals surface area contributed by atoms with Crippen molar-refractivity contribution in [3.05, 3.63) is 66.7 Å². The fraction of sp³-hybridized carbons (Fsp3) is 0.143. The number of halogens is 4. The minimum absolute atomic E-state index is 0.227. The predicted octanol–water partition coefficient (Wildman–Crippen LogP) is 5.05. The van der Waals surface area contributed by atoms with Gasteiger partial charge in [0.15, 0.2) is 0 Å². The Balaban J connectivity index is 2.85. The van der Waals surface area contributed by atoms with Crippen molar-refractivity contribution < 1.29 is 23.0 Å². The SMILES string of the molecule is CN(c1ccccc1Br)c1c([N+](=O)[O-])cc([N+](=O)[O-])cc1C(F)(F)F. The molecule has 2 aromatic rings. The molecule has 0 aliphatic rings. The van der Waals surface area contributed by atoms with Gasteiger partial charge in [-0.2, -0.15) is 13.2 Å². The summed E-state index contributed by atoms with van der Waals surface area (Å²) in [5.74, 6) is 0. The Kier molecular flexibility index (Phi) is 4.97. The Bertz CT molecular complexity index is 858. The first kappa shape index (κ1) is 18.6. The number of hydrogen-bond acceptors (Lipinski definition) is 5. The molecular weight excluding hydrogens is 411 g/mol. The molecule has 0 fully saturated rings. The summed E-state index contributed by atoms with van der Waals surface area (Å²) in [6.45, 7) is 0. The second-order valence-electron chi connectivity index (χ2n) is 4.88. The quantitative estimate of drug-likeness (QED) is 0.510. The van der Waals surface area contributed by atoms with Crippen LogP contribution in [0.3, 0.4) is 0 Å². The van der Waals surface area contributed by atoms with Gasteiger partial charge in [0.1, 0.15) is 5.69 Å². The number of alkyl halides is 3. The van der Waals surface area contributed by atoms with Crippen molar-refractivity contribution >= 4 is 38.7 Å². The number of para-hydroxylation sites is 1. The Labute approximate surface area is 147 Å². The molecule has 0 unspecified atom stereocenters. The topological polar surface area (TPSA) is 89.5 Å². The van der Waals surface area contributed by atoms with Gasteiger partial charge in [-0.3, -0.25) is 20.2 Å². The second kappa shape index (κ2) is 6.67. The van der Waals surface area contributed by atoms with Crippen molar-refractivity contribution in [1.29, 1.82) is 0 Å². The summed E-state index contributed by atoms with van der Waals surface area (Å²) in [6.07, 6.45) is -5.03. The van der Waals surface area contributed by atoms with Gasteiger partial charge in [0.05, 0.1) is 27.2 Å². The van der Waals surface area contributed by atoms with Crippen LogP contribution in [0.5, 0.6) is 0 Å². The van der Waals surface area contributed by atoms with Gasteiger partial charge in [-0.1, -0.05) is 12.1 Å². The maximum absolute atomic E-state index is 13.4. The van der Waals surface area contributed by atoms with Gasteiger partial charge in [0.25, 0.3) is 11.4 Å². The molecule has 11 heteroatoms. The third-order valence-corrected chi connectivity index (χ3v) is 4.01. The first-order chi connectivity index (χ1) is 11.5. The number of benzene rings is 2. The van der Waals surface area contributed by atoms with E-state index in [0.29, 0.717) is 10.5 Å². The molecule has 0 bridgehead atoms. The molecule has 0 amide bonds. The minimum Gasteiger partial charge on any atom is -0.338 e. The van der Waals surface area contributed by atoms with Crippen LogP contribution < -0.4 is 4.90 Å². The highest BCUT2D eigenvalue weighted by Crippen LogP contribution is 2.46. The van der Waals surface area contributed by atoms with Crippen LogP contribution in [0.25, 0.3) is 0 Å². The molecule has 7 nitrogen and oxygen atoms in total. The summed E-state index contributed by atoms with van der Waals surface area (Å²) in [7, 11) is 1.21. The van der Waals surface area contributed by atoms with Crippen LogP contribution in [0.15, 0.2) is 40.9 Å². The maximum Gasteiger partial charge on any atom is 0.418 e. The predicted molar refractivity (Wildman–Crippen MR) is 87.0 cm³/mol. The van der Waals surface area contributed by atoms with Crippen molar-refractivity contribution in [2.45, 2.75) is 6.18 Å². The standard InChI is InChI=1S/C14H9BrF3N3O4/c1-19(11-5-3-2-4-10(11)15)13-9(14(16,17)18)6-8(20(22)23)7-12(13)21(24)25/h2-7H,1H3. The fourth-order valence-electron chi connectivity index (χ4n) is 2.26. The van der Waals surface area contributed by atoms with E-state index in [1.807, 2.05) is 0 Å². The third kappa shape index (κ3) is 3.71. The average molecular weight is 420 g/mol. The highest BCUT2D eigenvalue weighted by Gasteiger charge is 2.41. The van der Waals surface area contributed by atoms with Crippen LogP contribution >= 0.6 is 15.9 Å². The van der Waals surface area contributed by atoms with Crippen molar-refractivity contribution in [2.75, 3.05) is 11.9 Å². The number of nitro groups is 2. The zero-order chi connectivity index (χ0) is 18.9. The molecule has 2 rings (SSSR count). The van der Waals surface area contributed by atoms with E-state index in [4.69, 9.17) is 0 Å². The summed E-state index contributed by atoms with van der Waals surface area (Å²) in [5.41, 5.74) is -4.05. The van der Waals surface area contributed by atoms with Crippen LogP contribution in [0, 0.1) is 20.2 Å². The van der Waals surface area contributed by atoms with Gasteiger partial charge in [0.2, 0.25) is 0 Å². The third-order valence-electron chi connectivity index (χ3n) is 3.34. The van der Waals surface area contributed by atoms with E-state index >= 15 is 0 Å². The molecule has 0 aliphatic carbocycles. The molecular formula is C14H9BrF3N3O4. The van der Waals surface area contributed by atoms with E-state index in [0.717, 1.165) is 4.90 Å². The van der Waals surface area contributed by atoms with Crippen LogP contribution in [-0.4, -0.2) is 16.9 Å². The molecule has 0 aliphatic heterocycles. The Morgan fingerprint density at radius 3 is 2.16 bits per heavy atom. The molecule has 0 N–H and O–H groups in total. The first-order valence-electron chi connectivity index (χ1n) is 6.56. The number of anilines is 2. The van der Waals surface area contributed by atoms with Gasteiger partial charge in [0, 0.05) is 17.6 Å². The molecule has 0 radical (unpaired) electrons. The lowest BCUT2D eigenvalue weighted by Crippen LogP contribution is -2.19. The van der Waals surface area contributed by atoms with Gasteiger partial charge in [-0.15, -0.1) is 0 Å². The van der Waals surface area contributed by atoms with E-state index in [-0.39, 0.29) is 11.8 Å². The lowest BCUT2D eigenvalue weighted by atomic mass is 10.1. The normalized spacial score (nSPS) is 11.2. The zero-order valence-electron chi connectivity index (χ0n) is 12.5. The molecule has 0 atom stereocenters. The molecule has 2 aromatic carbocycles. The molecule has 132 valence electrons. The van der Waals surface area contributed by atoms with Gasteiger partial charge in [-0.25, -0.2) is 0 Å². The zero-order valence-corrected chi connectivity index (χ0v) is 14.0. The van der Waals surface area contributed by atoms with Crippen LogP contribution in [0.2, 0.25) is 0 Å². The monoisotopic (exact) mass is 419 g/mol. The lowest BCUT2D eigenvalue weighted by molar-refractivity contribution is -0.394. The molecule has 0 saturated heterocycles.